The monoisotopic (exact) mass is 671 g/mol. The van der Waals surface area contributed by atoms with Gasteiger partial charge in [-0.1, -0.05) is 30.3 Å². The quantitative estimate of drug-likeness (QED) is 0.0981. The summed E-state index contributed by atoms with van der Waals surface area (Å²) in [6.45, 7) is 0.416. The summed E-state index contributed by atoms with van der Waals surface area (Å²) in [6, 6.07) is 11.0. The number of aromatic nitrogens is 9. The Morgan fingerprint density at radius 2 is 1.88 bits per heavy atom. The third kappa shape index (κ3) is 6.84. The molecule has 0 spiro atoms. The van der Waals surface area contributed by atoms with Crippen LogP contribution in [-0.4, -0.2) is 115 Å². The molecule has 1 aromatic carbocycles. The lowest BCUT2D eigenvalue weighted by Crippen LogP contribution is -2.40. The number of tetrazole rings is 1. The normalized spacial score (nSPS) is 22.8. The topological polar surface area (TPSA) is 237 Å². The predicted octanol–water partition coefficient (Wildman–Crippen LogP) is 0.0239. The maximum atomic E-state index is 12.7. The molecule has 49 heavy (non-hydrogen) atoms. The van der Waals surface area contributed by atoms with Gasteiger partial charge in [0, 0.05) is 25.3 Å². The van der Waals surface area contributed by atoms with E-state index in [1.807, 2.05) is 35.2 Å². The lowest BCUT2D eigenvalue weighted by Gasteiger charge is -2.22. The second kappa shape index (κ2) is 14.0. The number of nitrogens with one attached hydrogen (secondary N) is 3. The largest absolute Gasteiger partial charge is 0.394 e. The first kappa shape index (κ1) is 32.3. The number of rotatable bonds is 11. The number of aliphatic hydroxyl groups excluding tert-OH is 4. The number of aliphatic hydroxyl groups is 4. The molecule has 0 bridgehead atoms. The maximum Gasteiger partial charge on any atom is 0.319 e. The number of fused-ring (bicyclic) bond motifs is 1. The van der Waals surface area contributed by atoms with Crippen LogP contribution in [0.2, 0.25) is 0 Å². The maximum absolute atomic E-state index is 12.7. The van der Waals surface area contributed by atoms with Crippen molar-refractivity contribution < 1.29 is 25.2 Å². The Labute approximate surface area is 279 Å². The first-order valence-electron chi connectivity index (χ1n) is 16.0. The fourth-order valence-corrected chi connectivity index (χ4v) is 6.44. The average molecular weight is 672 g/mol. The third-order valence-corrected chi connectivity index (χ3v) is 8.91. The van der Waals surface area contributed by atoms with Crippen LogP contribution in [0.15, 0.2) is 61.2 Å². The molecule has 1 aliphatic heterocycles. The zero-order valence-corrected chi connectivity index (χ0v) is 26.4. The number of amides is 2. The molecule has 2 amide bonds. The van der Waals surface area contributed by atoms with Crippen molar-refractivity contribution in [2.45, 2.75) is 62.2 Å². The summed E-state index contributed by atoms with van der Waals surface area (Å²) >= 11 is 0. The van der Waals surface area contributed by atoms with E-state index >= 15 is 0 Å². The number of nitrogens with zero attached hydrogens (tertiary/aromatic N) is 10. The second-order valence-electron chi connectivity index (χ2n) is 12.2. The highest BCUT2D eigenvalue weighted by Crippen LogP contribution is 2.40. The molecule has 2 aliphatic rings. The number of carbonyl (C=O) groups is 1. The summed E-state index contributed by atoms with van der Waals surface area (Å²) in [7, 11) is 0. The van der Waals surface area contributed by atoms with Crippen molar-refractivity contribution in [1.82, 2.24) is 50.0 Å². The van der Waals surface area contributed by atoms with Crippen LogP contribution in [-0.2, 0) is 13.0 Å². The Balaban J connectivity index is 1.17. The summed E-state index contributed by atoms with van der Waals surface area (Å²) in [6.07, 6.45) is 3.70. The molecular weight excluding hydrogens is 634 g/mol. The number of anilines is 3. The molecular formula is C31H37N13O5. The Morgan fingerprint density at radius 1 is 1.04 bits per heavy atom. The van der Waals surface area contributed by atoms with E-state index in [4.69, 9.17) is 9.97 Å². The van der Waals surface area contributed by atoms with Gasteiger partial charge in [-0.3, -0.25) is 4.98 Å². The second-order valence-corrected chi connectivity index (χ2v) is 12.2. The van der Waals surface area contributed by atoms with Gasteiger partial charge in [0.05, 0.1) is 36.9 Å². The molecule has 4 aromatic heterocycles. The lowest BCUT2D eigenvalue weighted by molar-refractivity contribution is 0.00469. The number of urea groups is 1. The van der Waals surface area contributed by atoms with Gasteiger partial charge in [-0.15, -0.1) is 10.2 Å². The molecule has 18 heteroatoms. The molecule has 5 aromatic rings. The zero-order valence-electron chi connectivity index (χ0n) is 26.4. The van der Waals surface area contributed by atoms with Gasteiger partial charge >= 0.3 is 6.03 Å². The molecule has 1 aliphatic carbocycles. The van der Waals surface area contributed by atoms with Gasteiger partial charge in [0.2, 0.25) is 5.95 Å². The molecule has 0 radical (unpaired) electrons. The minimum absolute atomic E-state index is 0.105. The fraction of sp³-hybridized carbons (Fsp3) is 0.419. The van der Waals surface area contributed by atoms with Gasteiger partial charge in [0.1, 0.15) is 24.9 Å². The van der Waals surface area contributed by atoms with E-state index in [-0.39, 0.29) is 30.9 Å². The van der Waals surface area contributed by atoms with Crippen molar-refractivity contribution in [2.75, 3.05) is 35.2 Å². The zero-order chi connectivity index (χ0) is 33.9. The summed E-state index contributed by atoms with van der Waals surface area (Å²) in [5.41, 5.74) is 2.44. The SMILES string of the molecule is O=C(Nc1cccnc1)NC1CCN(c2nc(NC(CO)Cc3ccccc3)c3ncn(C4CC(n5nnc(CO)n5)C(O)C4O)c3n2)C1. The van der Waals surface area contributed by atoms with Crippen LogP contribution in [0, 0.1) is 0 Å². The predicted molar refractivity (Wildman–Crippen MR) is 175 cm³/mol. The van der Waals surface area contributed by atoms with E-state index < -0.39 is 36.9 Å². The summed E-state index contributed by atoms with van der Waals surface area (Å²) in [5.74, 6) is 0.878. The Morgan fingerprint density at radius 3 is 2.63 bits per heavy atom. The van der Waals surface area contributed by atoms with Crippen LogP contribution >= 0.6 is 0 Å². The highest BCUT2D eigenvalue weighted by atomic mass is 16.3. The van der Waals surface area contributed by atoms with E-state index in [0.717, 1.165) is 5.56 Å². The smallest absolute Gasteiger partial charge is 0.319 e. The van der Waals surface area contributed by atoms with E-state index in [1.54, 1.807) is 35.4 Å². The van der Waals surface area contributed by atoms with Crippen molar-refractivity contribution >= 4 is 34.6 Å². The lowest BCUT2D eigenvalue weighted by atomic mass is 10.1. The highest BCUT2D eigenvalue weighted by molar-refractivity contribution is 5.89. The van der Waals surface area contributed by atoms with Crippen LogP contribution in [0.4, 0.5) is 22.2 Å². The van der Waals surface area contributed by atoms with Crippen LogP contribution in [0.25, 0.3) is 11.2 Å². The van der Waals surface area contributed by atoms with Crippen molar-refractivity contribution in [3.63, 3.8) is 0 Å². The van der Waals surface area contributed by atoms with Crippen LogP contribution in [0.1, 0.15) is 36.3 Å². The highest BCUT2D eigenvalue weighted by Gasteiger charge is 2.45. The van der Waals surface area contributed by atoms with Crippen molar-refractivity contribution in [1.29, 1.82) is 0 Å². The van der Waals surface area contributed by atoms with E-state index in [1.165, 1.54) is 4.80 Å². The van der Waals surface area contributed by atoms with Crippen LogP contribution < -0.4 is 20.9 Å². The number of carbonyl (C=O) groups excluding carboxylic acids is 1. The first-order chi connectivity index (χ1) is 23.9. The number of pyridine rings is 1. The van der Waals surface area contributed by atoms with Crippen molar-refractivity contribution in [2.24, 2.45) is 0 Å². The average Bonchev–Trinajstić information content (AvgIpc) is 3.93. The Bertz CT molecular complexity index is 1870. The molecule has 6 atom stereocenters. The molecule has 1 saturated carbocycles. The molecule has 6 unspecified atom stereocenters. The third-order valence-electron chi connectivity index (χ3n) is 8.91. The number of hydrogen-bond acceptors (Lipinski definition) is 14. The van der Waals surface area contributed by atoms with Crippen molar-refractivity contribution in [3.05, 3.63) is 72.6 Å². The van der Waals surface area contributed by atoms with Gasteiger partial charge < -0.3 is 45.8 Å². The van der Waals surface area contributed by atoms with Gasteiger partial charge in [-0.2, -0.15) is 14.8 Å². The minimum atomic E-state index is -1.23. The van der Waals surface area contributed by atoms with E-state index in [9.17, 15) is 25.2 Å². The molecule has 256 valence electrons. The summed E-state index contributed by atoms with van der Waals surface area (Å²) in [5, 5.41) is 63.0. The van der Waals surface area contributed by atoms with Gasteiger partial charge in [0.15, 0.2) is 22.8 Å². The van der Waals surface area contributed by atoms with Gasteiger partial charge in [-0.25, -0.2) is 9.78 Å². The number of benzene rings is 1. The molecule has 1 saturated heterocycles. The molecule has 7 rings (SSSR count). The van der Waals surface area contributed by atoms with E-state index in [0.29, 0.717) is 54.5 Å². The minimum Gasteiger partial charge on any atom is -0.394 e. The molecule has 5 heterocycles. The Kier molecular flexibility index (Phi) is 9.25. The van der Waals surface area contributed by atoms with Crippen LogP contribution in [0.5, 0.6) is 0 Å². The van der Waals surface area contributed by atoms with Gasteiger partial charge in [-0.05, 0) is 42.2 Å². The first-order valence-corrected chi connectivity index (χ1v) is 16.0. The number of imidazole rings is 1. The van der Waals surface area contributed by atoms with Crippen LogP contribution in [0.3, 0.4) is 0 Å². The fourth-order valence-electron chi connectivity index (χ4n) is 6.44. The molecule has 2 fully saturated rings. The summed E-state index contributed by atoms with van der Waals surface area (Å²) < 4.78 is 1.71. The Hall–Kier alpha value is -5.30. The number of hydrogen-bond donors (Lipinski definition) is 7. The molecule has 18 nitrogen and oxygen atoms in total. The standard InChI is InChI=1S/C31H37N13O5/c45-15-21(11-18-5-2-1-3-6-18)34-28-25-29(43(17-33-25)22-12-23(27(48)26(22)47)44-40-24(16-46)39-41-44)38-30(37-28)42-10-8-20(14-42)36-31(49)35-19-7-4-9-32-13-19/h1-7,9,13,17,20-23,26-27,45-48H,8,10-12,14-16H2,(H,34,37,38)(H2,35,36,49). The van der Waals surface area contributed by atoms with Crippen molar-refractivity contribution in [3.8, 4) is 0 Å². The van der Waals surface area contributed by atoms with E-state index in [2.05, 4.69) is 41.3 Å². The molecule has 7 N–H and O–H groups in total. The summed E-state index contributed by atoms with van der Waals surface area (Å²) in [4.78, 5) is 34.3. The van der Waals surface area contributed by atoms with Gasteiger partial charge in [0.25, 0.3) is 0 Å².